The van der Waals surface area contributed by atoms with E-state index in [1.165, 1.54) is 7.11 Å². The van der Waals surface area contributed by atoms with E-state index in [-0.39, 0.29) is 28.7 Å². The van der Waals surface area contributed by atoms with Gasteiger partial charge in [-0.3, -0.25) is 0 Å². The maximum atomic E-state index is 12.6. The molecule has 1 N–H and O–H groups in total. The first kappa shape index (κ1) is 16.2. The van der Waals surface area contributed by atoms with E-state index in [9.17, 15) is 18.4 Å². The second-order valence-electron chi connectivity index (χ2n) is 3.40. The average Bonchev–Trinajstić information content (AvgIpc) is 2.86. The number of halogens is 2. The lowest BCUT2D eigenvalue weighted by Crippen LogP contribution is -2.27. The monoisotopic (exact) mass is 309 g/mol. The molecule has 1 aromatic heterocycles. The number of rotatable bonds is 6. The number of methoxy groups -OCH3 is 2. The highest BCUT2D eigenvalue weighted by molar-refractivity contribution is 7.14. The van der Waals surface area contributed by atoms with Gasteiger partial charge in [0.05, 0.1) is 25.6 Å². The van der Waals surface area contributed by atoms with E-state index in [4.69, 9.17) is 4.74 Å². The van der Waals surface area contributed by atoms with Gasteiger partial charge in [0, 0.05) is 6.07 Å². The van der Waals surface area contributed by atoms with E-state index in [2.05, 4.69) is 14.8 Å². The quantitative estimate of drug-likeness (QED) is 0.644. The lowest BCUT2D eigenvalue weighted by molar-refractivity contribution is 0.0602. The molecule has 0 saturated carbocycles. The molecular formula is C11H13F2NO5S. The van der Waals surface area contributed by atoms with Crippen molar-refractivity contribution >= 4 is 23.4 Å². The molecule has 1 heterocycles. The summed E-state index contributed by atoms with van der Waals surface area (Å²) < 4.78 is 39.2. The highest BCUT2D eigenvalue weighted by atomic mass is 32.1. The van der Waals surface area contributed by atoms with Gasteiger partial charge in [-0.2, -0.15) is 0 Å². The van der Waals surface area contributed by atoms with Crippen molar-refractivity contribution in [2.24, 2.45) is 0 Å². The lowest BCUT2D eigenvalue weighted by atomic mass is 10.4. The molecule has 0 spiro atoms. The summed E-state index contributed by atoms with van der Waals surface area (Å²) in [4.78, 5) is 21.9. The molecule has 0 saturated heterocycles. The molecule has 0 radical (unpaired) electrons. The van der Waals surface area contributed by atoms with Crippen LogP contribution in [0.1, 0.15) is 21.0 Å². The zero-order valence-corrected chi connectivity index (χ0v) is 11.6. The largest absolute Gasteiger partial charge is 0.490 e. The van der Waals surface area contributed by atoms with Crippen molar-refractivity contribution in [3.63, 3.8) is 0 Å². The predicted molar refractivity (Wildman–Crippen MR) is 66.5 cm³/mol. The maximum absolute atomic E-state index is 12.6. The van der Waals surface area contributed by atoms with Gasteiger partial charge in [0.25, 0.3) is 6.43 Å². The smallest absolute Gasteiger partial charge is 0.406 e. The van der Waals surface area contributed by atoms with Crippen molar-refractivity contribution in [3.05, 3.63) is 15.8 Å². The maximum Gasteiger partial charge on any atom is 0.406 e. The molecular weight excluding hydrogens is 296 g/mol. The van der Waals surface area contributed by atoms with Crippen LogP contribution in [0.5, 0.6) is 5.75 Å². The highest BCUT2D eigenvalue weighted by Gasteiger charge is 2.22. The van der Waals surface area contributed by atoms with Crippen LogP contribution in [0.4, 0.5) is 13.6 Å². The van der Waals surface area contributed by atoms with Gasteiger partial charge in [0.15, 0.2) is 4.88 Å². The van der Waals surface area contributed by atoms with Gasteiger partial charge in [-0.1, -0.05) is 0 Å². The van der Waals surface area contributed by atoms with E-state index in [0.717, 1.165) is 13.2 Å². The molecule has 1 amide bonds. The van der Waals surface area contributed by atoms with Crippen molar-refractivity contribution in [1.82, 2.24) is 5.32 Å². The third kappa shape index (κ3) is 4.34. The van der Waals surface area contributed by atoms with Gasteiger partial charge in [0.1, 0.15) is 12.4 Å². The molecule has 0 unspecified atom stereocenters. The third-order valence-electron chi connectivity index (χ3n) is 2.12. The average molecular weight is 309 g/mol. The fourth-order valence-electron chi connectivity index (χ4n) is 1.23. The van der Waals surface area contributed by atoms with Crippen LogP contribution < -0.4 is 10.1 Å². The molecule has 0 aliphatic heterocycles. The summed E-state index contributed by atoms with van der Waals surface area (Å²) in [7, 11) is 2.35. The molecule has 0 atom stereocenters. The van der Waals surface area contributed by atoms with Gasteiger partial charge in [0.2, 0.25) is 0 Å². The van der Waals surface area contributed by atoms with Crippen molar-refractivity contribution < 1.29 is 32.6 Å². The number of carbonyl (C=O) groups is 2. The first-order chi connectivity index (χ1) is 9.49. The first-order valence-corrected chi connectivity index (χ1v) is 6.26. The standard InChI is InChI=1S/C11H13F2NO5S/c1-17-10(15)8-6(5-7(20-8)9(12)13)19-4-3-14-11(16)18-2/h5,9H,3-4H2,1-2H3,(H,14,16). The molecule has 0 fully saturated rings. The number of amides is 1. The second-order valence-corrected chi connectivity index (χ2v) is 4.49. The van der Waals surface area contributed by atoms with Gasteiger partial charge < -0.3 is 19.5 Å². The van der Waals surface area contributed by atoms with E-state index >= 15 is 0 Å². The number of hydrogen-bond donors (Lipinski definition) is 1. The second kappa shape index (κ2) is 7.63. The van der Waals surface area contributed by atoms with Crippen LogP contribution in [0.3, 0.4) is 0 Å². The summed E-state index contributed by atoms with van der Waals surface area (Å²) in [5, 5.41) is 2.35. The van der Waals surface area contributed by atoms with E-state index in [0.29, 0.717) is 11.3 Å². The summed E-state index contributed by atoms with van der Waals surface area (Å²) in [5.74, 6) is -0.748. The summed E-state index contributed by atoms with van der Waals surface area (Å²) in [6, 6.07) is 1.08. The molecule has 1 aromatic rings. The molecule has 1 rings (SSSR count). The number of ether oxygens (including phenoxy) is 3. The Morgan fingerprint density at radius 1 is 1.35 bits per heavy atom. The third-order valence-corrected chi connectivity index (χ3v) is 3.22. The number of alkyl halides is 2. The van der Waals surface area contributed by atoms with Gasteiger partial charge in [-0.05, 0) is 0 Å². The topological polar surface area (TPSA) is 73.9 Å². The van der Waals surface area contributed by atoms with Crippen molar-refractivity contribution in [1.29, 1.82) is 0 Å². The van der Waals surface area contributed by atoms with E-state index < -0.39 is 18.5 Å². The summed E-state index contributed by atoms with van der Waals surface area (Å²) in [5.41, 5.74) is 0. The highest BCUT2D eigenvalue weighted by Crippen LogP contribution is 2.35. The van der Waals surface area contributed by atoms with Crippen molar-refractivity contribution in [3.8, 4) is 5.75 Å². The fraction of sp³-hybridized carbons (Fsp3) is 0.455. The number of hydrogen-bond acceptors (Lipinski definition) is 6. The summed E-state index contributed by atoms with van der Waals surface area (Å²) >= 11 is 0.608. The predicted octanol–water partition coefficient (Wildman–Crippen LogP) is 2.21. The Bertz CT molecular complexity index is 477. The molecule has 0 bridgehead atoms. The lowest BCUT2D eigenvalue weighted by Gasteiger charge is -2.06. The van der Waals surface area contributed by atoms with Gasteiger partial charge in [-0.25, -0.2) is 18.4 Å². The molecule has 0 aromatic carbocycles. The van der Waals surface area contributed by atoms with Crippen LogP contribution in [0.15, 0.2) is 6.07 Å². The number of nitrogens with one attached hydrogen (secondary N) is 1. The first-order valence-electron chi connectivity index (χ1n) is 5.44. The zero-order valence-electron chi connectivity index (χ0n) is 10.8. The minimum Gasteiger partial charge on any atom is -0.490 e. The Kier molecular flexibility index (Phi) is 6.16. The SMILES string of the molecule is COC(=O)NCCOc1cc(C(F)F)sc1C(=O)OC. The molecule has 20 heavy (non-hydrogen) atoms. The van der Waals surface area contributed by atoms with Crippen LogP contribution >= 0.6 is 11.3 Å². The van der Waals surface area contributed by atoms with Crippen LogP contribution in [-0.2, 0) is 9.47 Å². The van der Waals surface area contributed by atoms with Gasteiger partial charge in [-0.15, -0.1) is 11.3 Å². The van der Waals surface area contributed by atoms with Crippen LogP contribution in [-0.4, -0.2) is 39.4 Å². The van der Waals surface area contributed by atoms with Crippen molar-refractivity contribution in [2.45, 2.75) is 6.43 Å². The van der Waals surface area contributed by atoms with E-state index in [1.807, 2.05) is 0 Å². The molecule has 112 valence electrons. The molecule has 0 aliphatic rings. The number of thiophene rings is 1. The molecule has 6 nitrogen and oxygen atoms in total. The number of carbonyl (C=O) groups excluding carboxylic acids is 2. The van der Waals surface area contributed by atoms with Crippen molar-refractivity contribution in [2.75, 3.05) is 27.4 Å². The zero-order chi connectivity index (χ0) is 15.1. The van der Waals surface area contributed by atoms with E-state index in [1.54, 1.807) is 0 Å². The Balaban J connectivity index is 2.67. The Labute approximate surface area is 117 Å². The Morgan fingerprint density at radius 3 is 2.60 bits per heavy atom. The Morgan fingerprint density at radius 2 is 2.05 bits per heavy atom. The Hall–Kier alpha value is -1.90. The number of alkyl carbamates (subject to hydrolysis) is 1. The van der Waals surface area contributed by atoms with Crippen LogP contribution in [0, 0.1) is 0 Å². The molecule has 0 aliphatic carbocycles. The van der Waals surface area contributed by atoms with Gasteiger partial charge >= 0.3 is 12.1 Å². The minimum absolute atomic E-state index is 0.00148. The van der Waals surface area contributed by atoms with Crippen LogP contribution in [0.25, 0.3) is 0 Å². The summed E-state index contributed by atoms with van der Waals surface area (Å²) in [6.07, 6.45) is -3.34. The fourth-order valence-corrected chi connectivity index (χ4v) is 2.10. The molecule has 9 heteroatoms. The number of esters is 1. The minimum atomic E-state index is -2.70. The summed E-state index contributed by atoms with van der Waals surface area (Å²) in [6.45, 7) is 0.103. The van der Waals surface area contributed by atoms with Crippen LogP contribution in [0.2, 0.25) is 0 Å². The normalized spacial score (nSPS) is 10.2.